The molecule has 0 aliphatic carbocycles. The number of nitrogens with zero attached hydrogens (tertiary/aromatic N) is 6. The van der Waals surface area contributed by atoms with Crippen molar-refractivity contribution in [3.63, 3.8) is 0 Å². The molecule has 2 aromatic carbocycles. The summed E-state index contributed by atoms with van der Waals surface area (Å²) in [7, 11) is -4.42. The van der Waals surface area contributed by atoms with Gasteiger partial charge in [-0.05, 0) is 79.2 Å². The number of hydrogen-bond donors (Lipinski definition) is 0. The van der Waals surface area contributed by atoms with Gasteiger partial charge in [-0.25, -0.2) is 0 Å². The van der Waals surface area contributed by atoms with Gasteiger partial charge >= 0.3 is 65.4 Å². The van der Waals surface area contributed by atoms with Crippen molar-refractivity contribution in [1.29, 1.82) is 0 Å². The minimum Gasteiger partial charge on any atom is -0.872 e. The van der Waals surface area contributed by atoms with Gasteiger partial charge in [-0.3, -0.25) is 0 Å². The topological polar surface area (TPSA) is 127 Å². The van der Waals surface area contributed by atoms with E-state index in [0.717, 1.165) is 22.3 Å². The number of benzene rings is 2. The molecule has 68 heavy (non-hydrogen) atoms. The SMILES string of the molecule is CC(C)N=C([N-]C(C)C)c1cc(C(C)(C)C)cc(C(C)(C)C)c1[O-].CC(C)N=C([N-]C(C)C)c1cc(C(C)(C)C)cc(C(C)(C)C)c1[O-].C[Si](C)(C)[N-][Si](C)(C)C.C[Si](C)(C)[N-][Si](C)(C)C.[Y+3].[Y+3]. The molecule has 0 N–H and O–H groups in total. The van der Waals surface area contributed by atoms with Crippen LogP contribution in [0.5, 0.6) is 11.5 Å². The normalized spacial score (nSPS) is 13.4. The molecule has 0 bridgehead atoms. The zero-order valence-corrected chi connectivity index (χ0v) is 59.9. The summed E-state index contributed by atoms with van der Waals surface area (Å²) >= 11 is 0. The Labute approximate surface area is 477 Å². The van der Waals surface area contributed by atoms with Crippen molar-refractivity contribution in [1.82, 2.24) is 0 Å². The van der Waals surface area contributed by atoms with Crippen LogP contribution in [0.15, 0.2) is 34.3 Å². The maximum Gasteiger partial charge on any atom is 3.00 e. The molecule has 0 fully saturated rings. The molecule has 0 radical (unpaired) electrons. The molecule has 0 saturated carbocycles. The minimum atomic E-state index is -1.11. The van der Waals surface area contributed by atoms with Crippen molar-refractivity contribution in [2.24, 2.45) is 9.98 Å². The smallest absolute Gasteiger partial charge is 0.872 e. The quantitative estimate of drug-likeness (QED) is 0.133. The van der Waals surface area contributed by atoms with E-state index in [1.807, 2.05) is 67.5 Å². The van der Waals surface area contributed by atoms with Gasteiger partial charge < -0.3 is 40.1 Å². The molecule has 8 nitrogen and oxygen atoms in total. The van der Waals surface area contributed by atoms with Crippen LogP contribution in [0.25, 0.3) is 19.9 Å². The first-order valence-corrected chi connectivity index (χ1v) is 38.4. The van der Waals surface area contributed by atoms with Crippen LogP contribution in [0.1, 0.15) is 172 Å². The van der Waals surface area contributed by atoms with E-state index >= 15 is 0 Å². The Kier molecular flexibility index (Phi) is 32.0. The Bertz CT molecular complexity index is 1700. The van der Waals surface area contributed by atoms with Crippen LogP contribution in [0.4, 0.5) is 0 Å². The van der Waals surface area contributed by atoms with Crippen molar-refractivity contribution in [2.45, 2.75) is 263 Å². The second-order valence-corrected chi connectivity index (χ2v) is 46.4. The van der Waals surface area contributed by atoms with Crippen molar-refractivity contribution >= 4 is 44.6 Å². The van der Waals surface area contributed by atoms with Crippen LogP contribution in [0.2, 0.25) is 78.6 Å². The van der Waals surface area contributed by atoms with Crippen molar-refractivity contribution in [2.75, 3.05) is 0 Å². The second kappa shape index (κ2) is 29.2. The van der Waals surface area contributed by atoms with Gasteiger partial charge in [0, 0.05) is 0 Å². The summed E-state index contributed by atoms with van der Waals surface area (Å²) in [5.41, 5.74) is 4.73. The predicted octanol–water partition coefficient (Wildman–Crippen LogP) is 16.6. The molecular weight excluding hydrogens is 1050 g/mol. The molecule has 0 aliphatic heterocycles. The first kappa shape index (κ1) is 74.5. The fraction of sp³-hybridized carbons (Fsp3) is 0.741. The fourth-order valence-corrected chi connectivity index (χ4v) is 23.0. The summed E-state index contributed by atoms with van der Waals surface area (Å²) in [6.07, 6.45) is 0. The average molecular weight is 1160 g/mol. The van der Waals surface area contributed by atoms with Crippen molar-refractivity contribution in [3.05, 3.63) is 77.6 Å². The summed E-state index contributed by atoms with van der Waals surface area (Å²) in [6, 6.07) is 8.49. The van der Waals surface area contributed by atoms with E-state index in [4.69, 9.17) is 9.30 Å². The van der Waals surface area contributed by atoms with Crippen molar-refractivity contribution < 1.29 is 75.6 Å². The molecule has 2 rings (SSSR count). The predicted molar refractivity (Wildman–Crippen MR) is 307 cm³/mol. The molecule has 2 aromatic rings. The van der Waals surface area contributed by atoms with Crippen LogP contribution in [-0.4, -0.2) is 68.8 Å². The molecule has 0 spiro atoms. The molecule has 0 atom stereocenters. The van der Waals surface area contributed by atoms with Crippen LogP contribution < -0.4 is 10.2 Å². The summed E-state index contributed by atoms with van der Waals surface area (Å²) in [6.45, 7) is 69.2. The Hall–Kier alpha value is -0.0247. The van der Waals surface area contributed by atoms with E-state index in [-0.39, 0.29) is 123 Å². The van der Waals surface area contributed by atoms with Crippen LogP contribution in [0.3, 0.4) is 0 Å². The van der Waals surface area contributed by atoms with Gasteiger partial charge in [-0.1, -0.05) is 297 Å². The summed E-state index contributed by atoms with van der Waals surface area (Å²) in [4.78, 5) is 9.29. The fourth-order valence-electron chi connectivity index (χ4n) is 6.91. The van der Waals surface area contributed by atoms with Gasteiger partial charge in [0.1, 0.15) is 0 Å². The maximum atomic E-state index is 13.2. The maximum absolute atomic E-state index is 13.2. The molecule has 0 heterocycles. The van der Waals surface area contributed by atoms with E-state index in [0.29, 0.717) is 22.8 Å². The third-order valence-corrected chi connectivity index (χ3v) is 19.6. The average Bonchev–Trinajstić information content (AvgIpc) is 2.98. The Morgan fingerprint density at radius 3 is 0.765 bits per heavy atom. The van der Waals surface area contributed by atoms with Gasteiger partial charge in [0.05, 0.1) is 0 Å². The van der Waals surface area contributed by atoms with Gasteiger partial charge in [0.2, 0.25) is 0 Å². The Balaban J connectivity index is -0.000000436. The largest absolute Gasteiger partial charge is 3.00 e. The van der Waals surface area contributed by atoms with Crippen LogP contribution in [0, 0.1) is 0 Å². The molecule has 14 heteroatoms. The molecule has 0 saturated heterocycles. The zero-order valence-electron chi connectivity index (χ0n) is 50.3. The number of aliphatic imine (C=N–C) groups is 2. The first-order chi connectivity index (χ1) is 28.9. The third kappa shape index (κ3) is 32.9. The molecule has 384 valence electrons. The molecule has 0 amide bonds. The first-order valence-electron chi connectivity index (χ1n) is 24.7. The van der Waals surface area contributed by atoms with Crippen LogP contribution >= 0.6 is 0 Å². The van der Waals surface area contributed by atoms with E-state index < -0.39 is 32.9 Å². The van der Waals surface area contributed by atoms with E-state index in [9.17, 15) is 10.2 Å². The van der Waals surface area contributed by atoms with E-state index in [1.54, 1.807) is 0 Å². The summed E-state index contributed by atoms with van der Waals surface area (Å²) in [5.74, 6) is 1.28. The Morgan fingerprint density at radius 2 is 0.632 bits per heavy atom. The molecule has 0 aliphatic rings. The molecule has 0 aromatic heterocycles. The standard InChI is InChI=1S/2C21H35N2O.2C6H18NSi2.2Y/c2*1-13(2)22-19(23-14(3)4)16-11-15(20(5,6)7)12-17(18(16)24)21(8,9)10;2*1-8(2,3)7-9(4,5)6;;/h2*11-14H,1-10H3,(H-,22,23,24);2*1-6H3;;/q4*-1;2*+3/p-2. The number of hydrogen-bond acceptors (Lipinski definition) is 4. The number of rotatable bonds is 10. The van der Waals surface area contributed by atoms with Gasteiger partial charge in [-0.2, -0.15) is 0 Å². The van der Waals surface area contributed by atoms with Gasteiger partial charge in [0.25, 0.3) is 0 Å². The van der Waals surface area contributed by atoms with Crippen molar-refractivity contribution in [3.8, 4) is 11.5 Å². The monoisotopic (exact) mass is 1160 g/mol. The zero-order chi connectivity index (χ0) is 53.2. The summed E-state index contributed by atoms with van der Waals surface area (Å²) in [5, 5.41) is 35.6. The minimum absolute atomic E-state index is 0. The molecule has 0 unspecified atom stereocenters. The Morgan fingerprint density at radius 1 is 0.412 bits per heavy atom. The van der Waals surface area contributed by atoms with Gasteiger partial charge in [-0.15, -0.1) is 0 Å². The van der Waals surface area contributed by atoms with Gasteiger partial charge in [0.15, 0.2) is 0 Å². The molecular formula is C54H104N6O2Si4Y2. The third-order valence-electron chi connectivity index (χ3n) is 8.87. The number of amidine groups is 2. The van der Waals surface area contributed by atoms with Crippen LogP contribution in [-0.2, 0) is 87.1 Å². The van der Waals surface area contributed by atoms with E-state index in [1.165, 1.54) is 0 Å². The van der Waals surface area contributed by atoms with E-state index in [2.05, 4.69) is 194 Å². The second-order valence-electron chi connectivity index (χ2n) is 27.2. The summed E-state index contributed by atoms with van der Waals surface area (Å²) < 4.78 is 9.64.